The van der Waals surface area contributed by atoms with Crippen molar-refractivity contribution in [2.75, 3.05) is 13.2 Å². The topological polar surface area (TPSA) is 18.5 Å². The molecule has 184 valence electrons. The van der Waals surface area contributed by atoms with E-state index in [1.165, 1.54) is 11.1 Å². The van der Waals surface area contributed by atoms with Crippen LogP contribution in [-0.2, 0) is 21.7 Å². The Bertz CT molecular complexity index is 833. The first-order valence-electron chi connectivity index (χ1n) is 12.1. The van der Waals surface area contributed by atoms with E-state index >= 15 is 0 Å². The second-order valence-corrected chi connectivity index (χ2v) is 8.08. The van der Waals surface area contributed by atoms with E-state index in [-0.39, 0.29) is 21.7 Å². The van der Waals surface area contributed by atoms with Crippen LogP contribution in [0.1, 0.15) is 64.5 Å². The minimum atomic E-state index is 0. The van der Waals surface area contributed by atoms with E-state index in [0.717, 1.165) is 24.7 Å². The molecule has 0 heterocycles. The van der Waals surface area contributed by atoms with E-state index < -0.39 is 0 Å². The van der Waals surface area contributed by atoms with Crippen molar-refractivity contribution in [3.05, 3.63) is 120 Å². The van der Waals surface area contributed by atoms with Crippen LogP contribution < -0.4 is 9.47 Å². The van der Waals surface area contributed by atoms with Gasteiger partial charge in [0.05, 0.1) is 13.2 Å². The van der Waals surface area contributed by atoms with E-state index in [4.69, 9.17) is 9.47 Å². The molecule has 0 unspecified atom stereocenters. The van der Waals surface area contributed by atoms with Crippen molar-refractivity contribution in [2.24, 2.45) is 0 Å². The molecule has 4 rings (SSSR count). The van der Waals surface area contributed by atoms with Crippen molar-refractivity contribution >= 4 is 0 Å². The molecule has 0 N–H and O–H groups in total. The SMILES string of the molecule is CC(C)[c-]1cccc1.CC(C)[c-]1cccc1.CCOc1cc[c-]cc1.CCOc1cc[c-]cc1.[Ti+4]. The summed E-state index contributed by atoms with van der Waals surface area (Å²) in [5, 5.41) is 0. The average Bonchev–Trinajstić information content (AvgIpc) is 3.57. The summed E-state index contributed by atoms with van der Waals surface area (Å²) in [5.41, 5.74) is 2.87. The summed E-state index contributed by atoms with van der Waals surface area (Å²) in [5.74, 6) is 3.20. The molecule has 0 saturated carbocycles. The Kier molecular flexibility index (Phi) is 19.3. The molecule has 0 spiro atoms. The zero-order valence-corrected chi connectivity index (χ0v) is 23.7. The van der Waals surface area contributed by atoms with Crippen LogP contribution in [0.5, 0.6) is 11.5 Å². The van der Waals surface area contributed by atoms with Gasteiger partial charge in [0, 0.05) is 11.5 Å². The summed E-state index contributed by atoms with van der Waals surface area (Å²) in [7, 11) is 0. The number of ether oxygens (including phenoxy) is 2. The molecule has 4 aromatic rings. The Hall–Kier alpha value is -2.55. The van der Waals surface area contributed by atoms with Gasteiger partial charge in [-0.2, -0.15) is 71.8 Å². The minimum Gasteiger partial charge on any atom is -0.519 e. The van der Waals surface area contributed by atoms with Crippen molar-refractivity contribution in [3.63, 3.8) is 0 Å². The fourth-order valence-electron chi connectivity index (χ4n) is 2.82. The van der Waals surface area contributed by atoms with Crippen molar-refractivity contribution in [1.29, 1.82) is 0 Å². The van der Waals surface area contributed by atoms with Crippen molar-refractivity contribution in [2.45, 2.75) is 53.4 Å². The summed E-state index contributed by atoms with van der Waals surface area (Å²) in [6.45, 7) is 14.2. The first-order chi connectivity index (χ1) is 16.5. The maximum Gasteiger partial charge on any atom is 4.00 e. The Morgan fingerprint density at radius 2 is 0.886 bits per heavy atom. The van der Waals surface area contributed by atoms with Gasteiger partial charge in [-0.25, -0.2) is 24.3 Å². The predicted molar refractivity (Wildman–Crippen MR) is 145 cm³/mol. The fraction of sp³-hybridized carbons (Fsp3) is 0.312. The first kappa shape index (κ1) is 32.5. The van der Waals surface area contributed by atoms with Gasteiger partial charge in [0.1, 0.15) is 0 Å². The number of benzene rings is 2. The van der Waals surface area contributed by atoms with E-state index in [1.54, 1.807) is 0 Å². The predicted octanol–water partition coefficient (Wildman–Crippen LogP) is 8.83. The number of hydrogen-bond acceptors (Lipinski definition) is 2. The standard InChI is InChI=1S/2C8H9O.2C8H11.Ti/c2*1-2-9-8-6-4-3-5-7-8;2*1-7(2)8-5-3-4-6-8;/h2*4-7H,2H2,1H3;2*3-7H,1-2H3;/q4*-1;+4. The van der Waals surface area contributed by atoms with E-state index in [2.05, 4.69) is 88.4 Å². The molecule has 4 aromatic carbocycles. The van der Waals surface area contributed by atoms with Crippen LogP contribution in [0.3, 0.4) is 0 Å². The van der Waals surface area contributed by atoms with Gasteiger partial charge in [-0.1, -0.05) is 39.5 Å². The Labute approximate surface area is 228 Å². The molecule has 0 aliphatic carbocycles. The summed E-state index contributed by atoms with van der Waals surface area (Å²) in [4.78, 5) is 0. The largest absolute Gasteiger partial charge is 4.00 e. The zero-order chi connectivity index (χ0) is 25.0. The van der Waals surface area contributed by atoms with Crippen molar-refractivity contribution in [1.82, 2.24) is 0 Å². The molecule has 35 heavy (non-hydrogen) atoms. The molecule has 0 aliphatic heterocycles. The average molecular weight is 505 g/mol. The summed E-state index contributed by atoms with van der Waals surface area (Å²) in [6.07, 6.45) is 0. The van der Waals surface area contributed by atoms with Gasteiger partial charge < -0.3 is 9.47 Å². The zero-order valence-electron chi connectivity index (χ0n) is 22.1. The molecule has 0 amide bonds. The maximum atomic E-state index is 5.19. The molecule has 0 atom stereocenters. The first-order valence-corrected chi connectivity index (χ1v) is 12.1. The van der Waals surface area contributed by atoms with Gasteiger partial charge in [0.2, 0.25) is 0 Å². The van der Waals surface area contributed by atoms with E-state index in [9.17, 15) is 0 Å². The van der Waals surface area contributed by atoms with Crippen LogP contribution in [0.25, 0.3) is 0 Å². The third-order valence-electron chi connectivity index (χ3n) is 4.71. The second kappa shape index (κ2) is 20.8. The second-order valence-electron chi connectivity index (χ2n) is 8.08. The molecule has 3 heteroatoms. The summed E-state index contributed by atoms with van der Waals surface area (Å²) in [6, 6.07) is 37.7. The van der Waals surface area contributed by atoms with Gasteiger partial charge in [-0.15, -0.1) is 24.3 Å². The Morgan fingerprint density at radius 3 is 1.09 bits per heavy atom. The molecule has 0 saturated heterocycles. The Morgan fingerprint density at radius 1 is 0.600 bits per heavy atom. The van der Waals surface area contributed by atoms with Gasteiger partial charge >= 0.3 is 21.7 Å². The molecular formula is C32H40O2Ti. The van der Waals surface area contributed by atoms with Crippen LogP contribution >= 0.6 is 0 Å². The van der Waals surface area contributed by atoms with Crippen LogP contribution in [0, 0.1) is 12.1 Å². The van der Waals surface area contributed by atoms with Gasteiger partial charge in [-0.05, 0) is 13.8 Å². The molecule has 0 aromatic heterocycles. The fourth-order valence-corrected chi connectivity index (χ4v) is 2.82. The Balaban J connectivity index is 0.000000437. The maximum absolute atomic E-state index is 5.19. The number of hydrogen-bond donors (Lipinski definition) is 0. The smallest absolute Gasteiger partial charge is 0.519 e. The number of rotatable bonds is 6. The molecule has 0 bridgehead atoms. The third kappa shape index (κ3) is 15.9. The monoisotopic (exact) mass is 504 g/mol. The molecule has 0 aliphatic rings. The van der Waals surface area contributed by atoms with E-state index in [1.807, 2.05) is 62.4 Å². The van der Waals surface area contributed by atoms with Crippen molar-refractivity contribution in [3.8, 4) is 11.5 Å². The summed E-state index contributed by atoms with van der Waals surface area (Å²) >= 11 is 0. The minimum absolute atomic E-state index is 0. The molecular weight excluding hydrogens is 464 g/mol. The quantitative estimate of drug-likeness (QED) is 0.193. The normalized spacial score (nSPS) is 9.37. The van der Waals surface area contributed by atoms with Gasteiger partial charge in [0.15, 0.2) is 0 Å². The van der Waals surface area contributed by atoms with Gasteiger partial charge in [0.25, 0.3) is 0 Å². The third-order valence-corrected chi connectivity index (χ3v) is 4.71. The van der Waals surface area contributed by atoms with Gasteiger partial charge in [-0.3, -0.25) is 0 Å². The molecule has 2 nitrogen and oxygen atoms in total. The molecule has 0 radical (unpaired) electrons. The summed E-state index contributed by atoms with van der Waals surface area (Å²) < 4.78 is 10.4. The van der Waals surface area contributed by atoms with Crippen LogP contribution in [0.4, 0.5) is 0 Å². The van der Waals surface area contributed by atoms with Crippen LogP contribution in [-0.4, -0.2) is 13.2 Å². The molecule has 0 fully saturated rings. The van der Waals surface area contributed by atoms with Crippen LogP contribution in [0.2, 0.25) is 0 Å². The van der Waals surface area contributed by atoms with Crippen LogP contribution in [0.15, 0.2) is 97.1 Å². The van der Waals surface area contributed by atoms with Crippen molar-refractivity contribution < 1.29 is 31.2 Å². The van der Waals surface area contributed by atoms with E-state index in [0.29, 0.717) is 11.8 Å².